The molecular formula is C19H22FN3O3. The second kappa shape index (κ2) is 7.83. The van der Waals surface area contributed by atoms with E-state index < -0.39 is 17.7 Å². The van der Waals surface area contributed by atoms with Gasteiger partial charge >= 0.3 is 5.97 Å². The Balaban J connectivity index is 1.61. The number of likely N-dealkylation sites (tertiary alicyclic amines) is 1. The van der Waals surface area contributed by atoms with Gasteiger partial charge in [-0.25, -0.2) is 4.39 Å². The number of hydrogen-bond donors (Lipinski definition) is 2. The van der Waals surface area contributed by atoms with Gasteiger partial charge in [-0.2, -0.15) is 5.26 Å². The Morgan fingerprint density at radius 2 is 2.00 bits per heavy atom. The molecule has 0 unspecified atom stereocenters. The number of nitriles is 1. The minimum Gasteiger partial charge on any atom is -0.481 e. The van der Waals surface area contributed by atoms with E-state index in [2.05, 4.69) is 10.2 Å². The molecule has 1 aliphatic carbocycles. The molecule has 2 N–H and O–H groups in total. The Kier molecular flexibility index (Phi) is 5.52. The first-order valence-corrected chi connectivity index (χ1v) is 8.93. The Bertz CT molecular complexity index is 742. The van der Waals surface area contributed by atoms with Crippen molar-refractivity contribution < 1.29 is 19.1 Å². The highest BCUT2D eigenvalue weighted by atomic mass is 19.1. The number of carbonyl (C=O) groups excluding carboxylic acids is 1. The lowest BCUT2D eigenvalue weighted by molar-refractivity contribution is -0.138. The standard InChI is InChI=1S/C19H22FN3O3/c20-17-7-13(9-21)3-6-16(17)19(26)22-10-15-5-4-14(8-18(24)25)23(15)11-12-1-2-12/h3,6-7,12,14-15H,1-2,4-5,8,10-11H2,(H,22,26)(H,24,25)/t14-,15+/m1/s1. The largest absolute Gasteiger partial charge is 0.481 e. The van der Waals surface area contributed by atoms with Crippen molar-refractivity contribution in [3.63, 3.8) is 0 Å². The normalized spacial score (nSPS) is 22.8. The first-order chi connectivity index (χ1) is 12.5. The van der Waals surface area contributed by atoms with Gasteiger partial charge in [-0.05, 0) is 49.8 Å². The first-order valence-electron chi connectivity index (χ1n) is 8.93. The summed E-state index contributed by atoms with van der Waals surface area (Å²) in [4.78, 5) is 25.6. The summed E-state index contributed by atoms with van der Waals surface area (Å²) >= 11 is 0. The van der Waals surface area contributed by atoms with E-state index in [1.807, 2.05) is 6.07 Å². The number of nitrogens with zero attached hydrogens (tertiary/aromatic N) is 2. The van der Waals surface area contributed by atoms with Gasteiger partial charge in [0, 0.05) is 25.2 Å². The second-order valence-electron chi connectivity index (χ2n) is 7.14. The summed E-state index contributed by atoms with van der Waals surface area (Å²) in [6, 6.07) is 5.68. The fourth-order valence-electron chi connectivity index (χ4n) is 3.63. The van der Waals surface area contributed by atoms with Gasteiger partial charge in [0.2, 0.25) is 0 Å². The zero-order valence-corrected chi connectivity index (χ0v) is 14.4. The van der Waals surface area contributed by atoms with E-state index in [-0.39, 0.29) is 29.6 Å². The summed E-state index contributed by atoms with van der Waals surface area (Å²) < 4.78 is 14.0. The first kappa shape index (κ1) is 18.3. The van der Waals surface area contributed by atoms with Crippen molar-refractivity contribution in [2.75, 3.05) is 13.1 Å². The molecule has 1 aromatic carbocycles. The lowest BCUT2D eigenvalue weighted by atomic mass is 10.1. The number of rotatable bonds is 7. The van der Waals surface area contributed by atoms with E-state index in [0.29, 0.717) is 12.5 Å². The molecule has 1 aromatic rings. The topological polar surface area (TPSA) is 93.4 Å². The zero-order chi connectivity index (χ0) is 18.7. The van der Waals surface area contributed by atoms with Crippen LogP contribution in [0.1, 0.15) is 48.0 Å². The van der Waals surface area contributed by atoms with E-state index in [0.717, 1.165) is 25.5 Å². The van der Waals surface area contributed by atoms with Crippen molar-refractivity contribution in [2.45, 2.75) is 44.2 Å². The number of aliphatic carboxylic acids is 1. The number of halogens is 1. The number of benzene rings is 1. The quantitative estimate of drug-likeness (QED) is 0.778. The Morgan fingerprint density at radius 3 is 2.62 bits per heavy atom. The number of carboxylic acids is 1. The molecule has 2 aliphatic rings. The molecule has 3 rings (SSSR count). The van der Waals surface area contributed by atoms with E-state index in [1.54, 1.807) is 0 Å². The highest BCUT2D eigenvalue weighted by molar-refractivity contribution is 5.94. The van der Waals surface area contributed by atoms with Crippen LogP contribution in [0.2, 0.25) is 0 Å². The number of carbonyl (C=O) groups is 2. The van der Waals surface area contributed by atoms with Crippen LogP contribution < -0.4 is 5.32 Å². The van der Waals surface area contributed by atoms with E-state index >= 15 is 0 Å². The number of amides is 1. The summed E-state index contributed by atoms with van der Waals surface area (Å²) in [5.74, 6) is -1.41. The highest BCUT2D eigenvalue weighted by Gasteiger charge is 2.38. The second-order valence-corrected chi connectivity index (χ2v) is 7.14. The molecule has 0 bridgehead atoms. The molecule has 1 aliphatic heterocycles. The molecule has 0 spiro atoms. The SMILES string of the molecule is N#Cc1ccc(C(=O)NC[C@@H]2CC[C@H](CC(=O)O)N2CC2CC2)c(F)c1. The van der Waals surface area contributed by atoms with Crippen molar-refractivity contribution in [1.29, 1.82) is 5.26 Å². The van der Waals surface area contributed by atoms with Crippen molar-refractivity contribution in [3.8, 4) is 6.07 Å². The molecule has 2 fully saturated rings. The summed E-state index contributed by atoms with van der Waals surface area (Å²) in [6.45, 7) is 1.23. The molecule has 0 radical (unpaired) electrons. The van der Waals surface area contributed by atoms with Gasteiger partial charge in [0.1, 0.15) is 5.82 Å². The van der Waals surface area contributed by atoms with Crippen LogP contribution >= 0.6 is 0 Å². The summed E-state index contributed by atoms with van der Waals surface area (Å²) in [6.07, 6.45) is 4.07. The maximum Gasteiger partial charge on any atom is 0.304 e. The van der Waals surface area contributed by atoms with Gasteiger partial charge in [0.15, 0.2) is 0 Å². The van der Waals surface area contributed by atoms with Gasteiger partial charge in [-0.15, -0.1) is 0 Å². The number of nitrogens with one attached hydrogen (secondary N) is 1. The molecule has 26 heavy (non-hydrogen) atoms. The Hall–Kier alpha value is -2.46. The third-order valence-corrected chi connectivity index (χ3v) is 5.19. The van der Waals surface area contributed by atoms with Crippen LogP contribution in [0.25, 0.3) is 0 Å². The minimum absolute atomic E-state index is 0.00153. The zero-order valence-electron chi connectivity index (χ0n) is 14.4. The fourth-order valence-corrected chi connectivity index (χ4v) is 3.63. The van der Waals surface area contributed by atoms with Crippen LogP contribution in [0.3, 0.4) is 0 Å². The maximum absolute atomic E-state index is 14.0. The Labute approximate surface area is 151 Å². The van der Waals surface area contributed by atoms with E-state index in [9.17, 15) is 14.0 Å². The van der Waals surface area contributed by atoms with Crippen molar-refractivity contribution in [3.05, 3.63) is 35.1 Å². The molecule has 7 heteroatoms. The van der Waals surface area contributed by atoms with Crippen LogP contribution in [0.15, 0.2) is 18.2 Å². The van der Waals surface area contributed by atoms with Crippen molar-refractivity contribution >= 4 is 11.9 Å². The molecule has 1 heterocycles. The highest BCUT2D eigenvalue weighted by Crippen LogP contribution is 2.35. The molecule has 138 valence electrons. The van der Waals surface area contributed by atoms with Crippen LogP contribution in [0.4, 0.5) is 4.39 Å². The average Bonchev–Trinajstić information content (AvgIpc) is 3.35. The van der Waals surface area contributed by atoms with Gasteiger partial charge in [-0.1, -0.05) is 0 Å². The predicted octanol–water partition coefficient (Wildman–Crippen LogP) is 2.14. The molecule has 0 aromatic heterocycles. The Morgan fingerprint density at radius 1 is 1.27 bits per heavy atom. The van der Waals surface area contributed by atoms with Crippen molar-refractivity contribution in [2.24, 2.45) is 5.92 Å². The van der Waals surface area contributed by atoms with Gasteiger partial charge < -0.3 is 10.4 Å². The van der Waals surface area contributed by atoms with Crippen LogP contribution in [-0.2, 0) is 4.79 Å². The molecule has 1 saturated carbocycles. The monoisotopic (exact) mass is 359 g/mol. The minimum atomic E-state index is -0.805. The molecule has 2 atom stereocenters. The molecule has 1 amide bonds. The molecule has 1 saturated heterocycles. The third kappa shape index (κ3) is 4.38. The van der Waals surface area contributed by atoms with Crippen LogP contribution in [0.5, 0.6) is 0 Å². The van der Waals surface area contributed by atoms with E-state index in [1.165, 1.54) is 25.0 Å². The number of hydrogen-bond acceptors (Lipinski definition) is 4. The van der Waals surface area contributed by atoms with E-state index in [4.69, 9.17) is 10.4 Å². The average molecular weight is 359 g/mol. The fraction of sp³-hybridized carbons (Fsp3) is 0.526. The van der Waals surface area contributed by atoms with Gasteiger partial charge in [-0.3, -0.25) is 14.5 Å². The third-order valence-electron chi connectivity index (χ3n) is 5.19. The smallest absolute Gasteiger partial charge is 0.304 e. The predicted molar refractivity (Wildman–Crippen MR) is 91.9 cm³/mol. The molecule has 6 nitrogen and oxygen atoms in total. The summed E-state index contributed by atoms with van der Waals surface area (Å²) in [7, 11) is 0. The van der Waals surface area contributed by atoms with Crippen LogP contribution in [-0.4, -0.2) is 47.1 Å². The lowest BCUT2D eigenvalue weighted by Gasteiger charge is -2.29. The van der Waals surface area contributed by atoms with Gasteiger partial charge in [0.05, 0.1) is 23.6 Å². The van der Waals surface area contributed by atoms with Crippen LogP contribution in [0, 0.1) is 23.1 Å². The molecular weight excluding hydrogens is 337 g/mol. The van der Waals surface area contributed by atoms with Gasteiger partial charge in [0.25, 0.3) is 5.91 Å². The maximum atomic E-state index is 14.0. The summed E-state index contributed by atoms with van der Waals surface area (Å²) in [5.41, 5.74) is 0.0831. The van der Waals surface area contributed by atoms with Crippen molar-refractivity contribution in [1.82, 2.24) is 10.2 Å². The number of carboxylic acid groups (broad SMARTS) is 1. The lowest BCUT2D eigenvalue weighted by Crippen LogP contribution is -2.44. The summed E-state index contributed by atoms with van der Waals surface area (Å²) in [5, 5.41) is 20.6.